The Labute approximate surface area is 187 Å². The van der Waals surface area contributed by atoms with E-state index in [1.807, 2.05) is 26.8 Å². The van der Waals surface area contributed by atoms with E-state index in [1.54, 1.807) is 0 Å². The maximum Gasteiger partial charge on any atom is 0.311 e. The minimum absolute atomic E-state index is 0.00122. The van der Waals surface area contributed by atoms with Crippen molar-refractivity contribution in [3.05, 3.63) is 11.6 Å². The number of carbonyl (C=O) groups is 3. The Kier molecular flexibility index (Phi) is 5.54. The molecule has 3 fully saturated rings. The van der Waals surface area contributed by atoms with E-state index in [0.717, 1.165) is 38.5 Å². The molecule has 0 N–H and O–H groups in total. The normalized spacial score (nSPS) is 42.2. The second-order valence-electron chi connectivity index (χ2n) is 12.4. The molecule has 0 radical (unpaired) electrons. The molecule has 1 unspecified atom stereocenters. The van der Waals surface area contributed by atoms with E-state index in [0.29, 0.717) is 35.9 Å². The van der Waals surface area contributed by atoms with Crippen LogP contribution in [0.25, 0.3) is 0 Å². The average Bonchev–Trinajstić information content (AvgIpc) is 3.03. The molecule has 3 saturated carbocycles. The number of Topliss-reactive ketones (excluding diaryl/α,β-unsaturated/α-hetero) is 1. The van der Waals surface area contributed by atoms with Crippen LogP contribution in [0.3, 0.4) is 0 Å². The lowest BCUT2D eigenvalue weighted by molar-refractivity contribution is -0.158. The van der Waals surface area contributed by atoms with E-state index in [-0.39, 0.29) is 35.1 Å². The van der Waals surface area contributed by atoms with Crippen LogP contribution in [-0.2, 0) is 19.1 Å². The number of hydrogen-bond acceptors (Lipinski definition) is 4. The maximum atomic E-state index is 13.2. The summed E-state index contributed by atoms with van der Waals surface area (Å²) < 4.78 is 5.39. The summed E-state index contributed by atoms with van der Waals surface area (Å²) in [6.45, 7) is 12.4. The minimum Gasteiger partial charge on any atom is -0.457 e. The van der Waals surface area contributed by atoms with Gasteiger partial charge in [-0.2, -0.15) is 0 Å². The Morgan fingerprint density at radius 1 is 1.10 bits per heavy atom. The molecule has 0 aromatic rings. The van der Waals surface area contributed by atoms with Gasteiger partial charge in [0.1, 0.15) is 6.61 Å². The average molecular weight is 429 g/mol. The van der Waals surface area contributed by atoms with Crippen molar-refractivity contribution in [2.45, 2.75) is 86.5 Å². The lowest BCUT2D eigenvalue weighted by Gasteiger charge is -2.59. The summed E-state index contributed by atoms with van der Waals surface area (Å²) >= 11 is 0. The highest BCUT2D eigenvalue weighted by molar-refractivity contribution is 5.92. The second-order valence-corrected chi connectivity index (χ2v) is 12.4. The molecule has 4 heteroatoms. The summed E-state index contributed by atoms with van der Waals surface area (Å²) in [5.74, 6) is 2.31. The van der Waals surface area contributed by atoms with Crippen LogP contribution in [0, 0.1) is 45.8 Å². The third kappa shape index (κ3) is 3.53. The first-order valence-corrected chi connectivity index (χ1v) is 12.3. The molecule has 7 atom stereocenters. The summed E-state index contributed by atoms with van der Waals surface area (Å²) in [5, 5.41) is 0. The van der Waals surface area contributed by atoms with E-state index < -0.39 is 5.41 Å². The van der Waals surface area contributed by atoms with Crippen molar-refractivity contribution in [3.63, 3.8) is 0 Å². The molecule has 0 saturated heterocycles. The van der Waals surface area contributed by atoms with E-state index in [9.17, 15) is 14.4 Å². The largest absolute Gasteiger partial charge is 0.457 e. The van der Waals surface area contributed by atoms with Gasteiger partial charge in [0, 0.05) is 12.3 Å². The number of carbonyl (C=O) groups excluding carboxylic acids is 3. The van der Waals surface area contributed by atoms with Crippen molar-refractivity contribution >= 4 is 17.5 Å². The second kappa shape index (κ2) is 7.56. The van der Waals surface area contributed by atoms with Crippen molar-refractivity contribution in [2.75, 3.05) is 6.61 Å². The summed E-state index contributed by atoms with van der Waals surface area (Å²) in [5.41, 5.74) is 0.947. The number of allylic oxidation sites excluding steroid dienone is 1. The van der Waals surface area contributed by atoms with Gasteiger partial charge in [0.2, 0.25) is 0 Å². The van der Waals surface area contributed by atoms with E-state index >= 15 is 0 Å². The molecule has 172 valence electrons. The highest BCUT2D eigenvalue weighted by Crippen LogP contribution is 2.67. The van der Waals surface area contributed by atoms with Crippen LogP contribution in [0.5, 0.6) is 0 Å². The zero-order valence-electron chi connectivity index (χ0n) is 20.3. The Morgan fingerprint density at radius 3 is 2.48 bits per heavy atom. The predicted octanol–water partition coefficient (Wildman–Crippen LogP) is 5.54. The van der Waals surface area contributed by atoms with Crippen LogP contribution in [-0.4, -0.2) is 24.1 Å². The summed E-state index contributed by atoms with van der Waals surface area (Å²) in [4.78, 5) is 37.5. The molecule has 0 aromatic heterocycles. The Hall–Kier alpha value is -1.45. The lowest BCUT2D eigenvalue weighted by Crippen LogP contribution is -2.53. The molecule has 0 aliphatic heterocycles. The quantitative estimate of drug-likeness (QED) is 0.554. The monoisotopic (exact) mass is 428 g/mol. The fourth-order valence-electron chi connectivity index (χ4n) is 7.92. The number of hydrogen-bond donors (Lipinski definition) is 0. The standard InChI is InChI=1S/C27H40O4/c1-16-13-18(28)14-17-7-8-19-20-9-10-22(23(29)15-31-24(30)25(2,3)4)26(20,5)12-11-21(19)27(16,17)6/h14,16,19-22H,7-13,15H2,1-6H3/t16?,19-,20-,21-,22+,26-,27-/m0/s1. The van der Waals surface area contributed by atoms with E-state index in [2.05, 4.69) is 20.8 Å². The number of rotatable bonds is 3. The van der Waals surface area contributed by atoms with Gasteiger partial charge in [-0.15, -0.1) is 0 Å². The molecule has 4 nitrogen and oxygen atoms in total. The molecular weight excluding hydrogens is 388 g/mol. The smallest absolute Gasteiger partial charge is 0.311 e. The van der Waals surface area contributed by atoms with Gasteiger partial charge in [0.15, 0.2) is 11.6 Å². The summed E-state index contributed by atoms with van der Waals surface area (Å²) in [7, 11) is 0. The molecule has 0 heterocycles. The van der Waals surface area contributed by atoms with Crippen molar-refractivity contribution in [1.29, 1.82) is 0 Å². The van der Waals surface area contributed by atoms with Gasteiger partial charge in [-0.3, -0.25) is 14.4 Å². The highest BCUT2D eigenvalue weighted by atomic mass is 16.5. The topological polar surface area (TPSA) is 60.4 Å². The Morgan fingerprint density at radius 2 is 1.81 bits per heavy atom. The first-order chi connectivity index (χ1) is 14.4. The number of esters is 1. The van der Waals surface area contributed by atoms with Crippen LogP contribution in [0.4, 0.5) is 0 Å². The molecule has 31 heavy (non-hydrogen) atoms. The van der Waals surface area contributed by atoms with Crippen LogP contribution in [0.15, 0.2) is 11.6 Å². The van der Waals surface area contributed by atoms with Crippen molar-refractivity contribution in [3.8, 4) is 0 Å². The minimum atomic E-state index is -0.582. The molecule has 4 aliphatic rings. The number of ketones is 2. The lowest BCUT2D eigenvalue weighted by atomic mass is 9.45. The molecular formula is C27H40O4. The van der Waals surface area contributed by atoms with Gasteiger partial charge in [-0.05, 0) is 99.9 Å². The van der Waals surface area contributed by atoms with Crippen LogP contribution >= 0.6 is 0 Å². The van der Waals surface area contributed by atoms with Gasteiger partial charge in [0.05, 0.1) is 5.41 Å². The van der Waals surface area contributed by atoms with E-state index in [1.165, 1.54) is 5.57 Å². The maximum absolute atomic E-state index is 13.2. The Bertz CT molecular complexity index is 818. The van der Waals surface area contributed by atoms with E-state index in [4.69, 9.17) is 4.74 Å². The molecule has 4 rings (SSSR count). The third-order valence-corrected chi connectivity index (χ3v) is 9.86. The zero-order chi connectivity index (χ0) is 22.8. The number of fused-ring (bicyclic) bond motifs is 5. The molecule has 4 aliphatic carbocycles. The van der Waals surface area contributed by atoms with Crippen LogP contribution < -0.4 is 0 Å². The van der Waals surface area contributed by atoms with Crippen LogP contribution in [0.1, 0.15) is 86.5 Å². The summed E-state index contributed by atoms with van der Waals surface area (Å²) in [6.07, 6.45) is 9.03. The number of ether oxygens (including phenoxy) is 1. The third-order valence-electron chi connectivity index (χ3n) is 9.86. The highest BCUT2D eigenvalue weighted by Gasteiger charge is 2.61. The van der Waals surface area contributed by atoms with Gasteiger partial charge < -0.3 is 4.74 Å². The molecule has 0 bridgehead atoms. The SMILES string of the molecule is CC1CC(=O)C=C2CC[C@H]3[C@@H]4CC[C@H](C(=O)COC(=O)C(C)(C)C)[C@@]4(C)CC[C@@H]3[C@]21C. The van der Waals surface area contributed by atoms with Gasteiger partial charge in [-0.1, -0.05) is 26.3 Å². The fourth-order valence-corrected chi connectivity index (χ4v) is 7.92. The van der Waals surface area contributed by atoms with Crippen LogP contribution in [0.2, 0.25) is 0 Å². The first-order valence-electron chi connectivity index (χ1n) is 12.3. The van der Waals surface area contributed by atoms with Crippen molar-refractivity contribution in [2.24, 2.45) is 45.8 Å². The van der Waals surface area contributed by atoms with Gasteiger partial charge in [-0.25, -0.2) is 0 Å². The van der Waals surface area contributed by atoms with Gasteiger partial charge in [0.25, 0.3) is 0 Å². The summed E-state index contributed by atoms with van der Waals surface area (Å²) in [6, 6.07) is 0. The first kappa shape index (κ1) is 22.7. The molecule has 0 amide bonds. The van der Waals surface area contributed by atoms with Gasteiger partial charge >= 0.3 is 5.97 Å². The molecule has 0 spiro atoms. The van der Waals surface area contributed by atoms with Crippen molar-refractivity contribution in [1.82, 2.24) is 0 Å². The molecule has 0 aromatic carbocycles. The fraction of sp³-hybridized carbons (Fsp3) is 0.815. The zero-order valence-corrected chi connectivity index (χ0v) is 20.3. The van der Waals surface area contributed by atoms with Crippen molar-refractivity contribution < 1.29 is 19.1 Å². The Balaban J connectivity index is 1.51. The predicted molar refractivity (Wildman–Crippen MR) is 120 cm³/mol.